The first-order chi connectivity index (χ1) is 8.10. The molecular weight excluding hydrogens is 224 g/mol. The Morgan fingerprint density at radius 1 is 1.35 bits per heavy atom. The first-order valence-electron chi connectivity index (χ1n) is 5.40. The normalized spacial score (nSPS) is 12.1. The number of hydrogen-bond acceptors (Lipinski definition) is 4. The van der Waals surface area contributed by atoms with E-state index < -0.39 is 12.1 Å². The zero-order valence-electron chi connectivity index (χ0n) is 9.84. The predicted octanol–water partition coefficient (Wildman–Crippen LogP) is 1.95. The molecule has 1 rings (SSSR count). The van der Waals surface area contributed by atoms with Crippen molar-refractivity contribution in [1.29, 1.82) is 0 Å². The number of rotatable bonds is 6. The Morgan fingerprint density at radius 3 is 2.59 bits per heavy atom. The van der Waals surface area contributed by atoms with E-state index in [4.69, 9.17) is 14.6 Å². The third-order valence-corrected chi connectivity index (χ3v) is 2.14. The van der Waals surface area contributed by atoms with Crippen LogP contribution in [0.2, 0.25) is 0 Å². The number of aromatic hydroxyl groups is 1. The number of carboxylic acid groups (broad SMARTS) is 1. The summed E-state index contributed by atoms with van der Waals surface area (Å²) in [6, 6.07) is 4.38. The second-order valence-electron chi connectivity index (χ2n) is 3.33. The molecule has 0 aliphatic heterocycles. The monoisotopic (exact) mass is 240 g/mol. The number of carbonyl (C=O) groups is 1. The molecule has 0 bridgehead atoms. The minimum absolute atomic E-state index is 0.0174. The van der Waals surface area contributed by atoms with Gasteiger partial charge in [0.05, 0.1) is 6.61 Å². The molecule has 5 nitrogen and oxygen atoms in total. The lowest BCUT2D eigenvalue weighted by atomic mass is 10.1. The molecule has 0 aromatic heterocycles. The Morgan fingerprint density at radius 2 is 2.06 bits per heavy atom. The van der Waals surface area contributed by atoms with Crippen molar-refractivity contribution in [2.45, 2.75) is 20.0 Å². The molecule has 0 saturated heterocycles. The molecule has 2 N–H and O–H groups in total. The number of hydrogen-bond donors (Lipinski definition) is 2. The van der Waals surface area contributed by atoms with E-state index in [-0.39, 0.29) is 11.5 Å². The topological polar surface area (TPSA) is 76.0 Å². The van der Waals surface area contributed by atoms with Crippen LogP contribution in [0, 0.1) is 0 Å². The molecule has 5 heteroatoms. The minimum atomic E-state index is -1.07. The van der Waals surface area contributed by atoms with Gasteiger partial charge in [0.25, 0.3) is 0 Å². The number of ether oxygens (including phenoxy) is 2. The zero-order chi connectivity index (χ0) is 12.8. The summed E-state index contributed by atoms with van der Waals surface area (Å²) in [4.78, 5) is 11.0. The van der Waals surface area contributed by atoms with Crippen molar-refractivity contribution in [3.8, 4) is 11.5 Å². The molecule has 0 heterocycles. The average molecular weight is 240 g/mol. The quantitative estimate of drug-likeness (QED) is 0.794. The van der Waals surface area contributed by atoms with Crippen LogP contribution in [0.15, 0.2) is 18.2 Å². The van der Waals surface area contributed by atoms with Gasteiger partial charge >= 0.3 is 5.97 Å². The Balaban J connectivity index is 3.03. The summed E-state index contributed by atoms with van der Waals surface area (Å²) >= 11 is 0. The average Bonchev–Trinajstić information content (AvgIpc) is 2.29. The van der Waals surface area contributed by atoms with Gasteiger partial charge in [-0.05, 0) is 31.5 Å². The van der Waals surface area contributed by atoms with Crippen molar-refractivity contribution in [3.05, 3.63) is 23.8 Å². The first-order valence-corrected chi connectivity index (χ1v) is 5.40. The molecule has 1 atom stereocenters. The molecule has 1 unspecified atom stereocenters. The van der Waals surface area contributed by atoms with Gasteiger partial charge in [-0.15, -0.1) is 0 Å². The van der Waals surface area contributed by atoms with Crippen LogP contribution in [-0.4, -0.2) is 29.4 Å². The van der Waals surface area contributed by atoms with Gasteiger partial charge in [0, 0.05) is 6.61 Å². The van der Waals surface area contributed by atoms with Gasteiger partial charge in [-0.2, -0.15) is 0 Å². The Labute approximate surface area is 99.6 Å². The highest BCUT2D eigenvalue weighted by atomic mass is 16.5. The lowest BCUT2D eigenvalue weighted by Crippen LogP contribution is -2.15. The number of carboxylic acids is 1. The molecule has 17 heavy (non-hydrogen) atoms. The fraction of sp³-hybridized carbons (Fsp3) is 0.417. The van der Waals surface area contributed by atoms with Gasteiger partial charge in [0.2, 0.25) is 0 Å². The molecule has 0 saturated carbocycles. The van der Waals surface area contributed by atoms with Gasteiger partial charge in [0.1, 0.15) is 0 Å². The van der Waals surface area contributed by atoms with Crippen LogP contribution in [0.5, 0.6) is 11.5 Å². The summed E-state index contributed by atoms with van der Waals surface area (Å²) in [5, 5.41) is 18.5. The molecule has 0 aliphatic carbocycles. The van der Waals surface area contributed by atoms with Crippen LogP contribution in [0.3, 0.4) is 0 Å². The third-order valence-electron chi connectivity index (χ3n) is 2.14. The smallest absolute Gasteiger partial charge is 0.337 e. The van der Waals surface area contributed by atoms with Gasteiger partial charge in [-0.25, -0.2) is 4.79 Å². The fourth-order valence-electron chi connectivity index (χ4n) is 1.44. The predicted molar refractivity (Wildman–Crippen MR) is 61.3 cm³/mol. The molecule has 0 spiro atoms. The molecule has 0 amide bonds. The number of phenols is 1. The van der Waals surface area contributed by atoms with Crippen LogP contribution >= 0.6 is 0 Å². The number of aliphatic carboxylic acids is 1. The Kier molecular flexibility index (Phi) is 4.78. The fourth-order valence-corrected chi connectivity index (χ4v) is 1.44. The van der Waals surface area contributed by atoms with Crippen molar-refractivity contribution in [3.63, 3.8) is 0 Å². The van der Waals surface area contributed by atoms with Gasteiger partial charge in [-0.3, -0.25) is 0 Å². The maximum Gasteiger partial charge on any atom is 0.337 e. The van der Waals surface area contributed by atoms with E-state index in [1.165, 1.54) is 18.2 Å². The van der Waals surface area contributed by atoms with Crippen LogP contribution in [0.1, 0.15) is 25.5 Å². The van der Waals surface area contributed by atoms with Gasteiger partial charge < -0.3 is 19.7 Å². The van der Waals surface area contributed by atoms with Gasteiger partial charge in [-0.1, -0.05) is 6.07 Å². The molecule has 94 valence electrons. The SMILES string of the molecule is CCOc1cc(C(OCC)C(=O)O)ccc1O. The lowest BCUT2D eigenvalue weighted by Gasteiger charge is -2.14. The molecule has 0 aliphatic rings. The molecule has 1 aromatic rings. The van der Waals surface area contributed by atoms with Crippen LogP contribution in [0.25, 0.3) is 0 Å². The van der Waals surface area contributed by atoms with Crippen LogP contribution in [-0.2, 0) is 9.53 Å². The van der Waals surface area contributed by atoms with Crippen molar-refractivity contribution in [2.75, 3.05) is 13.2 Å². The van der Waals surface area contributed by atoms with Crippen LogP contribution in [0.4, 0.5) is 0 Å². The van der Waals surface area contributed by atoms with Crippen LogP contribution < -0.4 is 4.74 Å². The van der Waals surface area contributed by atoms with Gasteiger partial charge in [0.15, 0.2) is 17.6 Å². The van der Waals surface area contributed by atoms with E-state index in [1.54, 1.807) is 13.8 Å². The molecule has 1 aromatic carbocycles. The Bertz CT molecular complexity index is 388. The highest BCUT2D eigenvalue weighted by Gasteiger charge is 2.21. The largest absolute Gasteiger partial charge is 0.504 e. The van der Waals surface area contributed by atoms with Crippen molar-refractivity contribution >= 4 is 5.97 Å². The summed E-state index contributed by atoms with van der Waals surface area (Å²) in [6.07, 6.45) is -1.04. The van der Waals surface area contributed by atoms with E-state index in [0.29, 0.717) is 18.8 Å². The highest BCUT2D eigenvalue weighted by molar-refractivity contribution is 5.74. The number of phenolic OH excluding ortho intramolecular Hbond substituents is 1. The van der Waals surface area contributed by atoms with Crippen molar-refractivity contribution < 1.29 is 24.5 Å². The lowest BCUT2D eigenvalue weighted by molar-refractivity contribution is -0.150. The summed E-state index contributed by atoms with van der Waals surface area (Å²) in [7, 11) is 0. The second kappa shape index (κ2) is 6.10. The summed E-state index contributed by atoms with van der Waals surface area (Å²) < 4.78 is 10.3. The second-order valence-corrected chi connectivity index (χ2v) is 3.33. The zero-order valence-corrected chi connectivity index (χ0v) is 9.84. The van der Waals surface area contributed by atoms with Crippen molar-refractivity contribution in [2.24, 2.45) is 0 Å². The maximum atomic E-state index is 11.0. The molecule has 0 fully saturated rings. The molecule has 0 radical (unpaired) electrons. The summed E-state index contributed by atoms with van der Waals surface area (Å²) in [5.41, 5.74) is 0.445. The van der Waals surface area contributed by atoms with E-state index in [2.05, 4.69) is 0 Å². The van der Waals surface area contributed by atoms with E-state index in [0.717, 1.165) is 0 Å². The molecular formula is C12H16O5. The highest BCUT2D eigenvalue weighted by Crippen LogP contribution is 2.30. The maximum absolute atomic E-state index is 11.0. The van der Waals surface area contributed by atoms with Crippen molar-refractivity contribution in [1.82, 2.24) is 0 Å². The number of benzene rings is 1. The standard InChI is InChI=1S/C12H16O5/c1-3-16-10-7-8(5-6-9(10)13)11(12(14)15)17-4-2/h5-7,11,13H,3-4H2,1-2H3,(H,14,15). The summed E-state index contributed by atoms with van der Waals surface area (Å²) in [6.45, 7) is 4.19. The minimum Gasteiger partial charge on any atom is -0.504 e. The Hall–Kier alpha value is -1.75. The summed E-state index contributed by atoms with van der Waals surface area (Å²) in [5.74, 6) is -0.827. The first kappa shape index (κ1) is 13.3. The van der Waals surface area contributed by atoms with E-state index >= 15 is 0 Å². The van der Waals surface area contributed by atoms with E-state index in [1.807, 2.05) is 0 Å². The van der Waals surface area contributed by atoms with E-state index in [9.17, 15) is 9.90 Å². The third kappa shape index (κ3) is 3.35.